The van der Waals surface area contributed by atoms with Crippen molar-refractivity contribution in [2.24, 2.45) is 17.8 Å². The fourth-order valence-electron chi connectivity index (χ4n) is 2.29. The van der Waals surface area contributed by atoms with E-state index in [2.05, 4.69) is 13.8 Å². The summed E-state index contributed by atoms with van der Waals surface area (Å²) >= 11 is 0. The molecule has 0 saturated heterocycles. The van der Waals surface area contributed by atoms with Crippen molar-refractivity contribution >= 4 is 5.97 Å². The van der Waals surface area contributed by atoms with E-state index in [1.807, 2.05) is 20.8 Å². The van der Waals surface area contributed by atoms with Crippen molar-refractivity contribution in [3.63, 3.8) is 0 Å². The third kappa shape index (κ3) is 3.51. The highest BCUT2D eigenvalue weighted by Gasteiger charge is 2.34. The summed E-state index contributed by atoms with van der Waals surface area (Å²) in [7, 11) is 0. The summed E-state index contributed by atoms with van der Waals surface area (Å²) in [6.07, 6.45) is 3.41. The molecule has 0 spiro atoms. The van der Waals surface area contributed by atoms with Crippen LogP contribution in [0.15, 0.2) is 0 Å². The molecule has 0 N–H and O–H groups in total. The molecule has 0 amide bonds. The molecule has 15 heavy (non-hydrogen) atoms. The Labute approximate surface area is 93.4 Å². The number of hydrogen-bond donors (Lipinski definition) is 0. The summed E-state index contributed by atoms with van der Waals surface area (Å²) in [5.41, 5.74) is -0.350. The average Bonchev–Trinajstić information content (AvgIpc) is 2.06. The topological polar surface area (TPSA) is 26.3 Å². The second-order valence-corrected chi connectivity index (χ2v) is 5.91. The van der Waals surface area contributed by atoms with Crippen LogP contribution in [0.2, 0.25) is 0 Å². The first kappa shape index (κ1) is 12.5. The van der Waals surface area contributed by atoms with E-state index in [1.54, 1.807) is 0 Å². The average molecular weight is 212 g/mol. The summed E-state index contributed by atoms with van der Waals surface area (Å²) in [4.78, 5) is 11.9. The van der Waals surface area contributed by atoms with E-state index in [1.165, 1.54) is 6.42 Å². The van der Waals surface area contributed by atoms with E-state index < -0.39 is 0 Å². The van der Waals surface area contributed by atoms with Gasteiger partial charge in [0.2, 0.25) is 0 Å². The van der Waals surface area contributed by atoms with Gasteiger partial charge in [0, 0.05) is 0 Å². The molecule has 0 heterocycles. The van der Waals surface area contributed by atoms with Crippen molar-refractivity contribution < 1.29 is 9.53 Å². The van der Waals surface area contributed by atoms with Crippen LogP contribution in [0.1, 0.15) is 53.9 Å². The molecule has 0 aromatic carbocycles. The zero-order valence-electron chi connectivity index (χ0n) is 10.7. The molecule has 1 aliphatic rings. The Kier molecular flexibility index (Phi) is 3.80. The van der Waals surface area contributed by atoms with Gasteiger partial charge in [0.1, 0.15) is 5.60 Å². The summed E-state index contributed by atoms with van der Waals surface area (Å²) in [5, 5.41) is 0. The van der Waals surface area contributed by atoms with Crippen LogP contribution in [0.25, 0.3) is 0 Å². The zero-order chi connectivity index (χ0) is 11.6. The first-order valence-corrected chi connectivity index (χ1v) is 6.04. The van der Waals surface area contributed by atoms with Crippen LogP contribution < -0.4 is 0 Å². The number of carbonyl (C=O) groups is 1. The Balaban J connectivity index is 2.59. The van der Waals surface area contributed by atoms with Crippen LogP contribution in [0.3, 0.4) is 0 Å². The molecule has 2 nitrogen and oxygen atoms in total. The van der Waals surface area contributed by atoms with Gasteiger partial charge in [0.05, 0.1) is 5.92 Å². The van der Waals surface area contributed by atoms with Crippen LogP contribution in [0.4, 0.5) is 0 Å². The fourth-order valence-corrected chi connectivity index (χ4v) is 2.29. The number of rotatable bonds is 1. The van der Waals surface area contributed by atoms with E-state index in [0.717, 1.165) is 12.8 Å². The van der Waals surface area contributed by atoms with E-state index >= 15 is 0 Å². The predicted octanol–water partition coefficient (Wildman–Crippen LogP) is 3.40. The van der Waals surface area contributed by atoms with E-state index in [9.17, 15) is 4.79 Å². The van der Waals surface area contributed by atoms with Gasteiger partial charge in [-0.2, -0.15) is 0 Å². The molecule has 0 radical (unpaired) electrons. The lowest BCUT2D eigenvalue weighted by Gasteiger charge is -2.34. The molecular weight excluding hydrogens is 188 g/mol. The highest BCUT2D eigenvalue weighted by atomic mass is 16.6. The highest BCUT2D eigenvalue weighted by molar-refractivity contribution is 5.73. The van der Waals surface area contributed by atoms with Gasteiger partial charge >= 0.3 is 5.97 Å². The van der Waals surface area contributed by atoms with Gasteiger partial charge in [0.25, 0.3) is 0 Å². The quantitative estimate of drug-likeness (QED) is 0.623. The van der Waals surface area contributed by atoms with Crippen molar-refractivity contribution in [2.75, 3.05) is 0 Å². The van der Waals surface area contributed by atoms with Crippen LogP contribution in [-0.2, 0) is 9.53 Å². The van der Waals surface area contributed by atoms with Crippen molar-refractivity contribution in [1.29, 1.82) is 0 Å². The molecular formula is C13H24O2. The Morgan fingerprint density at radius 1 is 1.20 bits per heavy atom. The number of hydrogen-bond acceptors (Lipinski definition) is 2. The molecule has 3 atom stereocenters. The Morgan fingerprint density at radius 2 is 1.80 bits per heavy atom. The molecule has 0 bridgehead atoms. The van der Waals surface area contributed by atoms with Gasteiger partial charge in [-0.1, -0.05) is 26.7 Å². The summed E-state index contributed by atoms with van der Waals surface area (Å²) in [6, 6.07) is 0. The number of esters is 1. The summed E-state index contributed by atoms with van der Waals surface area (Å²) in [5.74, 6) is 1.24. The van der Waals surface area contributed by atoms with Crippen molar-refractivity contribution in [3.8, 4) is 0 Å². The lowest BCUT2D eigenvalue weighted by Crippen LogP contribution is -2.35. The van der Waals surface area contributed by atoms with Gasteiger partial charge in [-0.15, -0.1) is 0 Å². The lowest BCUT2D eigenvalue weighted by atomic mass is 9.74. The lowest BCUT2D eigenvalue weighted by molar-refractivity contribution is -0.164. The molecule has 1 saturated carbocycles. The zero-order valence-corrected chi connectivity index (χ0v) is 10.7. The van der Waals surface area contributed by atoms with Crippen LogP contribution in [-0.4, -0.2) is 11.6 Å². The molecule has 1 fully saturated rings. The highest BCUT2D eigenvalue weighted by Crippen LogP contribution is 2.35. The maximum Gasteiger partial charge on any atom is 0.309 e. The largest absolute Gasteiger partial charge is 0.460 e. The van der Waals surface area contributed by atoms with E-state index in [4.69, 9.17) is 4.74 Å². The minimum Gasteiger partial charge on any atom is -0.460 e. The summed E-state index contributed by atoms with van der Waals surface area (Å²) in [6.45, 7) is 10.2. The predicted molar refractivity (Wildman–Crippen MR) is 61.5 cm³/mol. The SMILES string of the molecule is CC1CCCC(C(=O)OC(C)(C)C)C1C. The third-order valence-electron chi connectivity index (χ3n) is 3.42. The molecule has 1 rings (SSSR count). The van der Waals surface area contributed by atoms with Gasteiger partial charge in [-0.25, -0.2) is 0 Å². The van der Waals surface area contributed by atoms with E-state index in [0.29, 0.717) is 11.8 Å². The molecule has 0 aliphatic heterocycles. The fraction of sp³-hybridized carbons (Fsp3) is 0.923. The molecule has 88 valence electrons. The maximum absolute atomic E-state index is 11.9. The normalized spacial score (nSPS) is 32.5. The second-order valence-electron chi connectivity index (χ2n) is 5.91. The molecule has 2 heteroatoms. The maximum atomic E-state index is 11.9. The number of carbonyl (C=O) groups excluding carboxylic acids is 1. The monoisotopic (exact) mass is 212 g/mol. The molecule has 1 aliphatic carbocycles. The van der Waals surface area contributed by atoms with Crippen molar-refractivity contribution in [3.05, 3.63) is 0 Å². The van der Waals surface area contributed by atoms with Gasteiger partial charge in [0.15, 0.2) is 0 Å². The van der Waals surface area contributed by atoms with Gasteiger partial charge < -0.3 is 4.74 Å². The van der Waals surface area contributed by atoms with Crippen LogP contribution in [0, 0.1) is 17.8 Å². The smallest absolute Gasteiger partial charge is 0.309 e. The standard InChI is InChI=1S/C13H24O2/c1-9-7-6-8-11(10(9)2)12(14)15-13(3,4)5/h9-11H,6-8H2,1-5H3. The Morgan fingerprint density at radius 3 is 2.33 bits per heavy atom. The minimum absolute atomic E-state index is 0.00144. The van der Waals surface area contributed by atoms with Crippen molar-refractivity contribution in [1.82, 2.24) is 0 Å². The Hall–Kier alpha value is -0.530. The van der Waals surface area contributed by atoms with Gasteiger partial charge in [-0.05, 0) is 39.0 Å². The number of ether oxygens (including phenoxy) is 1. The van der Waals surface area contributed by atoms with Crippen molar-refractivity contribution in [2.45, 2.75) is 59.5 Å². The van der Waals surface area contributed by atoms with E-state index in [-0.39, 0.29) is 17.5 Å². The summed E-state index contributed by atoms with van der Waals surface area (Å²) < 4.78 is 5.46. The Bertz CT molecular complexity index is 227. The molecule has 3 unspecified atom stereocenters. The first-order valence-electron chi connectivity index (χ1n) is 6.04. The first-order chi connectivity index (χ1) is 6.81. The minimum atomic E-state index is -0.350. The van der Waals surface area contributed by atoms with Gasteiger partial charge in [-0.3, -0.25) is 4.79 Å². The molecule has 0 aromatic heterocycles. The second kappa shape index (κ2) is 4.54. The molecule has 0 aromatic rings. The third-order valence-corrected chi connectivity index (χ3v) is 3.42. The van der Waals surface area contributed by atoms with Crippen LogP contribution in [0.5, 0.6) is 0 Å². The van der Waals surface area contributed by atoms with Crippen LogP contribution >= 0.6 is 0 Å².